The van der Waals surface area contributed by atoms with Crippen molar-refractivity contribution >= 4 is 21.6 Å². The van der Waals surface area contributed by atoms with Gasteiger partial charge < -0.3 is 11.1 Å². The summed E-state index contributed by atoms with van der Waals surface area (Å²) in [7, 11) is -3.05. The van der Waals surface area contributed by atoms with Gasteiger partial charge in [-0.1, -0.05) is 0 Å². The quantitative estimate of drug-likeness (QED) is 0.785. The molecular formula is C11H15N3O3S. The van der Waals surface area contributed by atoms with Crippen LogP contribution in [0.4, 0.5) is 5.82 Å². The number of hydrogen-bond donors (Lipinski definition) is 2. The smallest absolute Gasteiger partial charge is 0.255 e. The molecule has 1 aliphatic rings. The van der Waals surface area contributed by atoms with Crippen molar-refractivity contribution in [2.24, 2.45) is 0 Å². The average Bonchev–Trinajstić information content (AvgIpc) is 2.53. The number of pyridine rings is 1. The summed E-state index contributed by atoms with van der Waals surface area (Å²) in [5.41, 5.74) is 5.14. The number of carbonyl (C=O) groups excluding carboxylic acids is 1. The maximum Gasteiger partial charge on any atom is 0.255 e. The second kappa shape index (κ2) is 4.24. The van der Waals surface area contributed by atoms with E-state index in [0.717, 1.165) is 0 Å². The highest BCUT2D eigenvalue weighted by molar-refractivity contribution is 7.91. The molecule has 7 heteroatoms. The first-order valence-electron chi connectivity index (χ1n) is 5.55. The van der Waals surface area contributed by atoms with Gasteiger partial charge in [0.15, 0.2) is 9.84 Å². The summed E-state index contributed by atoms with van der Waals surface area (Å²) in [6.07, 6.45) is 1.91. The molecular weight excluding hydrogens is 254 g/mol. The highest BCUT2D eigenvalue weighted by Crippen LogP contribution is 2.23. The monoisotopic (exact) mass is 269 g/mol. The first-order valence-corrected chi connectivity index (χ1v) is 7.37. The third-order valence-corrected chi connectivity index (χ3v) is 4.90. The van der Waals surface area contributed by atoms with Gasteiger partial charge in [0.1, 0.15) is 5.82 Å². The van der Waals surface area contributed by atoms with Crippen molar-refractivity contribution < 1.29 is 13.2 Å². The van der Waals surface area contributed by atoms with E-state index < -0.39 is 15.4 Å². The number of sulfone groups is 1. The standard InChI is InChI=1S/C11H15N3O3S/c1-11(4-6-18(16,17)7-11)14-10(15)8-3-2-5-13-9(8)12/h2-3,5H,4,6-7H2,1H3,(H2,12,13)(H,14,15). The van der Waals surface area contributed by atoms with E-state index in [-0.39, 0.29) is 28.8 Å². The van der Waals surface area contributed by atoms with Crippen LogP contribution in [0.5, 0.6) is 0 Å². The Hall–Kier alpha value is -1.63. The van der Waals surface area contributed by atoms with Gasteiger partial charge in [0.25, 0.3) is 5.91 Å². The van der Waals surface area contributed by atoms with Crippen LogP contribution in [0, 0.1) is 0 Å². The molecule has 2 rings (SSSR count). The Morgan fingerprint density at radius 2 is 2.28 bits per heavy atom. The molecule has 1 aliphatic heterocycles. The van der Waals surface area contributed by atoms with Gasteiger partial charge in [-0.2, -0.15) is 0 Å². The summed E-state index contributed by atoms with van der Waals surface area (Å²) in [5, 5.41) is 2.73. The van der Waals surface area contributed by atoms with Crippen LogP contribution in [0.3, 0.4) is 0 Å². The van der Waals surface area contributed by atoms with E-state index in [1.807, 2.05) is 0 Å². The van der Waals surface area contributed by atoms with Gasteiger partial charge in [-0.25, -0.2) is 13.4 Å². The van der Waals surface area contributed by atoms with Gasteiger partial charge >= 0.3 is 0 Å². The van der Waals surface area contributed by atoms with E-state index in [1.54, 1.807) is 19.1 Å². The molecule has 0 bridgehead atoms. The van der Waals surface area contributed by atoms with Crippen LogP contribution in [-0.2, 0) is 9.84 Å². The van der Waals surface area contributed by atoms with Gasteiger partial charge in [0.05, 0.1) is 22.6 Å². The van der Waals surface area contributed by atoms with E-state index >= 15 is 0 Å². The molecule has 0 radical (unpaired) electrons. The molecule has 6 nitrogen and oxygen atoms in total. The van der Waals surface area contributed by atoms with Crippen molar-refractivity contribution in [3.8, 4) is 0 Å². The van der Waals surface area contributed by atoms with Gasteiger partial charge in [-0.05, 0) is 25.5 Å². The van der Waals surface area contributed by atoms with Crippen LogP contribution in [-0.4, -0.2) is 36.4 Å². The van der Waals surface area contributed by atoms with E-state index in [9.17, 15) is 13.2 Å². The maximum atomic E-state index is 12.0. The van der Waals surface area contributed by atoms with Crippen LogP contribution < -0.4 is 11.1 Å². The Morgan fingerprint density at radius 1 is 1.56 bits per heavy atom. The van der Waals surface area contributed by atoms with Gasteiger partial charge in [0, 0.05) is 6.20 Å². The van der Waals surface area contributed by atoms with Gasteiger partial charge in [-0.15, -0.1) is 0 Å². The van der Waals surface area contributed by atoms with E-state index in [4.69, 9.17) is 5.73 Å². The van der Waals surface area contributed by atoms with E-state index in [1.165, 1.54) is 6.20 Å². The van der Waals surface area contributed by atoms with Crippen molar-refractivity contribution in [2.75, 3.05) is 17.2 Å². The minimum atomic E-state index is -3.05. The molecule has 1 atom stereocenters. The zero-order valence-electron chi connectivity index (χ0n) is 10.0. The fourth-order valence-electron chi connectivity index (χ4n) is 2.06. The predicted octanol–water partition coefficient (Wildman–Crippen LogP) is -0.0292. The summed E-state index contributed by atoms with van der Waals surface area (Å²) in [4.78, 5) is 15.8. The molecule has 1 aromatic rings. The number of rotatable bonds is 2. The first kappa shape index (κ1) is 12.8. The summed E-state index contributed by atoms with van der Waals surface area (Å²) in [5.74, 6) is -0.183. The van der Waals surface area contributed by atoms with Crippen molar-refractivity contribution in [1.82, 2.24) is 10.3 Å². The highest BCUT2D eigenvalue weighted by atomic mass is 32.2. The minimum Gasteiger partial charge on any atom is -0.383 e. The number of amides is 1. The molecule has 98 valence electrons. The molecule has 0 aromatic carbocycles. The minimum absolute atomic E-state index is 0.0358. The zero-order valence-corrected chi connectivity index (χ0v) is 10.8. The largest absolute Gasteiger partial charge is 0.383 e. The third kappa shape index (κ3) is 2.61. The summed E-state index contributed by atoms with van der Waals surface area (Å²) >= 11 is 0. The number of anilines is 1. The molecule has 1 aromatic heterocycles. The Labute approximate surface area is 106 Å². The molecule has 2 heterocycles. The van der Waals surface area contributed by atoms with Crippen molar-refractivity contribution in [1.29, 1.82) is 0 Å². The molecule has 3 N–H and O–H groups in total. The predicted molar refractivity (Wildman–Crippen MR) is 67.8 cm³/mol. The fourth-order valence-corrected chi connectivity index (χ4v) is 4.15. The molecule has 1 unspecified atom stereocenters. The topological polar surface area (TPSA) is 102 Å². The average molecular weight is 269 g/mol. The van der Waals surface area contributed by atoms with Crippen LogP contribution in [0.15, 0.2) is 18.3 Å². The molecule has 18 heavy (non-hydrogen) atoms. The fraction of sp³-hybridized carbons (Fsp3) is 0.455. The number of nitrogens with zero attached hydrogens (tertiary/aromatic N) is 1. The highest BCUT2D eigenvalue weighted by Gasteiger charge is 2.39. The molecule has 1 fully saturated rings. The van der Waals surface area contributed by atoms with Crippen LogP contribution in [0.1, 0.15) is 23.7 Å². The Morgan fingerprint density at radius 3 is 2.83 bits per heavy atom. The third-order valence-electron chi connectivity index (χ3n) is 3.00. The van der Waals surface area contributed by atoms with Gasteiger partial charge in [-0.3, -0.25) is 4.79 Å². The lowest BCUT2D eigenvalue weighted by molar-refractivity contribution is 0.0916. The maximum absolute atomic E-state index is 12.0. The normalized spacial score (nSPS) is 25.8. The zero-order chi connectivity index (χ0) is 13.4. The molecule has 0 saturated carbocycles. The lowest BCUT2D eigenvalue weighted by Crippen LogP contribution is -2.47. The van der Waals surface area contributed by atoms with Crippen LogP contribution in [0.25, 0.3) is 0 Å². The number of nitrogens with one attached hydrogen (secondary N) is 1. The summed E-state index contributed by atoms with van der Waals surface area (Å²) in [6, 6.07) is 3.17. The molecule has 1 amide bonds. The number of hydrogen-bond acceptors (Lipinski definition) is 5. The summed E-state index contributed by atoms with van der Waals surface area (Å²) in [6.45, 7) is 1.72. The number of nitrogen functional groups attached to an aromatic ring is 1. The SMILES string of the molecule is CC1(NC(=O)c2cccnc2N)CCS(=O)(=O)C1. The number of aromatic nitrogens is 1. The lowest BCUT2D eigenvalue weighted by atomic mass is 10.0. The number of nitrogens with two attached hydrogens (primary N) is 1. The van der Waals surface area contributed by atoms with Gasteiger partial charge in [0.2, 0.25) is 0 Å². The molecule has 0 spiro atoms. The summed E-state index contributed by atoms with van der Waals surface area (Å²) < 4.78 is 22.9. The van der Waals surface area contributed by atoms with Crippen molar-refractivity contribution in [3.05, 3.63) is 23.9 Å². The van der Waals surface area contributed by atoms with Crippen molar-refractivity contribution in [3.63, 3.8) is 0 Å². The first-order chi connectivity index (χ1) is 8.31. The van der Waals surface area contributed by atoms with E-state index in [2.05, 4.69) is 10.3 Å². The van der Waals surface area contributed by atoms with Crippen molar-refractivity contribution in [2.45, 2.75) is 18.9 Å². The molecule has 1 saturated heterocycles. The van der Waals surface area contributed by atoms with Crippen LogP contribution in [0.2, 0.25) is 0 Å². The Bertz CT molecular complexity index is 585. The second-order valence-corrected chi connectivity index (χ2v) is 6.98. The molecule has 0 aliphatic carbocycles. The lowest BCUT2D eigenvalue weighted by Gasteiger charge is -2.24. The Balaban J connectivity index is 2.16. The van der Waals surface area contributed by atoms with Crippen LogP contribution >= 0.6 is 0 Å². The second-order valence-electron chi connectivity index (χ2n) is 4.79. The Kier molecular flexibility index (Phi) is 3.02. The van der Waals surface area contributed by atoms with E-state index in [0.29, 0.717) is 6.42 Å². The number of carbonyl (C=O) groups is 1.